The molecule has 1 N–H and O–H groups in total. The van der Waals surface area contributed by atoms with Crippen molar-refractivity contribution in [2.75, 3.05) is 25.0 Å². The van der Waals surface area contributed by atoms with Crippen molar-refractivity contribution in [2.24, 2.45) is 5.92 Å². The van der Waals surface area contributed by atoms with Gasteiger partial charge in [-0.15, -0.1) is 0 Å². The average Bonchev–Trinajstić information content (AvgIpc) is 3.23. The zero-order valence-corrected chi connectivity index (χ0v) is 17.0. The molecule has 1 aliphatic heterocycles. The van der Waals surface area contributed by atoms with Gasteiger partial charge in [-0.1, -0.05) is 26.0 Å². The molecule has 27 heavy (non-hydrogen) atoms. The smallest absolute Gasteiger partial charge is 0.322 e. The van der Waals surface area contributed by atoms with E-state index < -0.39 is 0 Å². The van der Waals surface area contributed by atoms with Gasteiger partial charge in [0, 0.05) is 19.7 Å². The number of ether oxygens (including phenoxy) is 1. The van der Waals surface area contributed by atoms with E-state index in [2.05, 4.69) is 56.3 Å². The number of aryl methyl sites for hydroxylation is 2. The monoisotopic (exact) mass is 370 g/mol. The van der Waals surface area contributed by atoms with Crippen LogP contribution < -0.4 is 5.32 Å². The van der Waals surface area contributed by atoms with Gasteiger partial charge in [-0.25, -0.2) is 9.48 Å². The standard InChI is InChI=1S/C21H30N4O2/c1-14(2)13-27-18-8-9-24(12-18)21(26)23-19-11-22-25(17(19)5)20-10-15(3)6-7-16(20)4/h6-7,10-11,14,18H,8-9,12-13H2,1-5H3,(H,23,26). The summed E-state index contributed by atoms with van der Waals surface area (Å²) in [6.45, 7) is 12.5. The lowest BCUT2D eigenvalue weighted by Gasteiger charge is -2.18. The first-order valence-electron chi connectivity index (χ1n) is 9.65. The third-order valence-corrected chi connectivity index (χ3v) is 4.94. The molecule has 0 saturated carbocycles. The Kier molecular flexibility index (Phi) is 5.85. The first-order valence-corrected chi connectivity index (χ1v) is 9.65. The van der Waals surface area contributed by atoms with E-state index in [4.69, 9.17) is 4.74 Å². The molecule has 1 unspecified atom stereocenters. The molecule has 0 spiro atoms. The molecule has 0 bridgehead atoms. The maximum Gasteiger partial charge on any atom is 0.322 e. The number of urea groups is 1. The number of nitrogens with zero attached hydrogens (tertiary/aromatic N) is 3. The Bertz CT molecular complexity index is 813. The number of aromatic nitrogens is 2. The summed E-state index contributed by atoms with van der Waals surface area (Å²) in [4.78, 5) is 14.5. The van der Waals surface area contributed by atoms with E-state index in [0.29, 0.717) is 12.5 Å². The molecule has 6 nitrogen and oxygen atoms in total. The van der Waals surface area contributed by atoms with E-state index in [-0.39, 0.29) is 12.1 Å². The van der Waals surface area contributed by atoms with Crippen LogP contribution in [0.3, 0.4) is 0 Å². The Balaban J connectivity index is 1.66. The molecule has 2 aromatic rings. The van der Waals surface area contributed by atoms with Crippen LogP contribution in [0.15, 0.2) is 24.4 Å². The van der Waals surface area contributed by atoms with E-state index >= 15 is 0 Å². The van der Waals surface area contributed by atoms with E-state index in [9.17, 15) is 4.79 Å². The summed E-state index contributed by atoms with van der Waals surface area (Å²) in [6.07, 6.45) is 2.75. The van der Waals surface area contributed by atoms with Crippen LogP contribution in [0.25, 0.3) is 5.69 Å². The Morgan fingerprint density at radius 3 is 2.85 bits per heavy atom. The Morgan fingerprint density at radius 2 is 2.11 bits per heavy atom. The minimum atomic E-state index is -0.0886. The Labute approximate surface area is 161 Å². The molecule has 2 amide bonds. The number of rotatable bonds is 5. The molecular weight excluding hydrogens is 340 g/mol. The number of nitrogens with one attached hydrogen (secondary N) is 1. The van der Waals surface area contributed by atoms with E-state index in [1.54, 1.807) is 6.20 Å². The summed E-state index contributed by atoms with van der Waals surface area (Å²) in [5.74, 6) is 0.506. The highest BCUT2D eigenvalue weighted by Crippen LogP contribution is 2.23. The van der Waals surface area contributed by atoms with Gasteiger partial charge in [-0.05, 0) is 50.3 Å². The van der Waals surface area contributed by atoms with Gasteiger partial charge < -0.3 is 15.0 Å². The molecule has 0 aliphatic carbocycles. The normalized spacial score (nSPS) is 17.0. The van der Waals surface area contributed by atoms with E-state index in [0.717, 1.165) is 42.2 Å². The molecule has 1 fully saturated rings. The van der Waals surface area contributed by atoms with Crippen molar-refractivity contribution >= 4 is 11.7 Å². The van der Waals surface area contributed by atoms with Crippen LogP contribution in [-0.2, 0) is 4.74 Å². The second-order valence-corrected chi connectivity index (χ2v) is 7.86. The summed E-state index contributed by atoms with van der Waals surface area (Å²) in [7, 11) is 0. The molecule has 1 aromatic heterocycles. The molecule has 1 saturated heterocycles. The zero-order valence-electron chi connectivity index (χ0n) is 17.0. The topological polar surface area (TPSA) is 59.4 Å². The SMILES string of the molecule is Cc1ccc(C)c(-n2ncc(NC(=O)N3CCC(OCC(C)C)C3)c2C)c1. The average molecular weight is 370 g/mol. The van der Waals surface area contributed by atoms with Crippen LogP contribution in [-0.4, -0.2) is 46.5 Å². The highest BCUT2D eigenvalue weighted by molar-refractivity contribution is 5.90. The predicted molar refractivity (Wildman–Crippen MR) is 108 cm³/mol. The Morgan fingerprint density at radius 1 is 1.33 bits per heavy atom. The van der Waals surface area contributed by atoms with Crippen LogP contribution >= 0.6 is 0 Å². The lowest BCUT2D eigenvalue weighted by atomic mass is 10.1. The summed E-state index contributed by atoms with van der Waals surface area (Å²) in [5.41, 5.74) is 5.03. The number of amides is 2. The molecular formula is C21H30N4O2. The minimum absolute atomic E-state index is 0.0886. The number of benzene rings is 1. The van der Waals surface area contributed by atoms with Crippen molar-refractivity contribution in [1.82, 2.24) is 14.7 Å². The highest BCUT2D eigenvalue weighted by Gasteiger charge is 2.27. The third kappa shape index (κ3) is 4.50. The zero-order chi connectivity index (χ0) is 19.6. The van der Waals surface area contributed by atoms with Crippen LogP contribution in [0.4, 0.5) is 10.5 Å². The number of anilines is 1. The van der Waals surface area contributed by atoms with E-state index in [1.165, 1.54) is 5.56 Å². The van der Waals surface area contributed by atoms with Gasteiger partial charge in [-0.2, -0.15) is 5.10 Å². The first kappa shape index (κ1) is 19.4. The molecule has 1 aliphatic rings. The third-order valence-electron chi connectivity index (χ3n) is 4.94. The fourth-order valence-corrected chi connectivity index (χ4v) is 3.29. The van der Waals surface area contributed by atoms with Crippen molar-refractivity contribution in [3.8, 4) is 5.69 Å². The summed E-state index contributed by atoms with van der Waals surface area (Å²) < 4.78 is 7.75. The van der Waals surface area contributed by atoms with E-state index in [1.807, 2.05) is 16.5 Å². The van der Waals surface area contributed by atoms with Crippen LogP contribution in [0.5, 0.6) is 0 Å². The van der Waals surface area contributed by atoms with Gasteiger partial charge in [-0.3, -0.25) is 0 Å². The molecule has 3 rings (SSSR count). The van der Waals surface area contributed by atoms with Crippen molar-refractivity contribution in [1.29, 1.82) is 0 Å². The van der Waals surface area contributed by atoms with Gasteiger partial charge in [0.1, 0.15) is 0 Å². The molecule has 0 radical (unpaired) electrons. The van der Waals surface area contributed by atoms with Gasteiger partial charge in [0.15, 0.2) is 0 Å². The maximum atomic E-state index is 12.6. The number of carbonyl (C=O) groups excluding carboxylic acids is 1. The lowest BCUT2D eigenvalue weighted by molar-refractivity contribution is 0.0440. The van der Waals surface area contributed by atoms with Gasteiger partial charge in [0.2, 0.25) is 0 Å². The van der Waals surface area contributed by atoms with Gasteiger partial charge in [0.25, 0.3) is 0 Å². The second-order valence-electron chi connectivity index (χ2n) is 7.86. The van der Waals surface area contributed by atoms with Crippen molar-refractivity contribution in [3.63, 3.8) is 0 Å². The number of hydrogen-bond donors (Lipinski definition) is 1. The fourth-order valence-electron chi connectivity index (χ4n) is 3.29. The van der Waals surface area contributed by atoms with Crippen LogP contribution in [0.1, 0.15) is 37.1 Å². The van der Waals surface area contributed by atoms with Crippen molar-refractivity contribution < 1.29 is 9.53 Å². The molecule has 146 valence electrons. The quantitative estimate of drug-likeness (QED) is 0.863. The molecule has 6 heteroatoms. The van der Waals surface area contributed by atoms with Crippen LogP contribution in [0.2, 0.25) is 0 Å². The second kappa shape index (κ2) is 8.13. The summed E-state index contributed by atoms with van der Waals surface area (Å²) >= 11 is 0. The van der Waals surface area contributed by atoms with Gasteiger partial charge >= 0.3 is 6.03 Å². The number of likely N-dealkylation sites (tertiary alicyclic amines) is 1. The van der Waals surface area contributed by atoms with Crippen LogP contribution in [0, 0.1) is 26.7 Å². The van der Waals surface area contributed by atoms with Crippen molar-refractivity contribution in [3.05, 3.63) is 41.2 Å². The molecule has 2 heterocycles. The molecule has 1 atom stereocenters. The largest absolute Gasteiger partial charge is 0.376 e. The van der Waals surface area contributed by atoms with Gasteiger partial charge in [0.05, 0.1) is 29.4 Å². The number of hydrogen-bond acceptors (Lipinski definition) is 3. The number of carbonyl (C=O) groups is 1. The predicted octanol–water partition coefficient (Wildman–Crippen LogP) is 4.08. The highest BCUT2D eigenvalue weighted by atomic mass is 16.5. The fraction of sp³-hybridized carbons (Fsp3) is 0.524. The maximum absolute atomic E-state index is 12.6. The molecule has 1 aromatic carbocycles. The lowest BCUT2D eigenvalue weighted by Crippen LogP contribution is -2.34. The van der Waals surface area contributed by atoms with Crippen molar-refractivity contribution in [2.45, 2.75) is 47.1 Å². The summed E-state index contributed by atoms with van der Waals surface area (Å²) in [5, 5.41) is 7.50. The Hall–Kier alpha value is -2.34. The summed E-state index contributed by atoms with van der Waals surface area (Å²) in [6, 6.07) is 6.20. The minimum Gasteiger partial charge on any atom is -0.376 e. The first-order chi connectivity index (χ1) is 12.8.